The molecule has 0 unspecified atom stereocenters. The Morgan fingerprint density at radius 2 is 2.09 bits per heavy atom. The molecule has 7 heteroatoms. The van der Waals surface area contributed by atoms with Gasteiger partial charge in [0.1, 0.15) is 0 Å². The Morgan fingerprint density at radius 1 is 1.17 bits per heavy atom. The molecule has 0 saturated heterocycles. The van der Waals surface area contributed by atoms with Crippen LogP contribution in [0.25, 0.3) is 16.9 Å². The molecule has 0 fully saturated rings. The summed E-state index contributed by atoms with van der Waals surface area (Å²) < 4.78 is 18.0. The Morgan fingerprint density at radius 3 is 3.00 bits per heavy atom. The minimum absolute atomic E-state index is 0.0930. The molecule has 4 rings (SSSR count). The molecule has 1 aromatic carbocycles. The van der Waals surface area contributed by atoms with Gasteiger partial charge in [-0.25, -0.2) is 9.50 Å². The van der Waals surface area contributed by atoms with Crippen LogP contribution in [0.1, 0.15) is 6.42 Å². The van der Waals surface area contributed by atoms with Crippen molar-refractivity contribution >= 4 is 5.65 Å². The van der Waals surface area contributed by atoms with Gasteiger partial charge in [0.15, 0.2) is 17.1 Å². The number of nitrogens with zero attached hydrogens (tertiary/aromatic N) is 3. The summed E-state index contributed by atoms with van der Waals surface area (Å²) in [4.78, 5) is 4.36. The highest BCUT2D eigenvalue weighted by molar-refractivity contribution is 5.67. The van der Waals surface area contributed by atoms with Crippen LogP contribution in [0.5, 0.6) is 17.4 Å². The molecule has 0 atom stereocenters. The molecule has 7 nitrogen and oxygen atoms in total. The van der Waals surface area contributed by atoms with Crippen LogP contribution in [0.2, 0.25) is 0 Å². The molecule has 0 aliphatic carbocycles. The molecule has 118 valence electrons. The minimum atomic E-state index is 0.0930. The van der Waals surface area contributed by atoms with Crippen molar-refractivity contribution in [3.63, 3.8) is 0 Å². The summed E-state index contributed by atoms with van der Waals surface area (Å²) in [5.74, 6) is 1.95. The highest BCUT2D eigenvalue weighted by atomic mass is 16.7. The number of fused-ring (bicyclic) bond motifs is 2. The van der Waals surface area contributed by atoms with E-state index < -0.39 is 0 Å². The van der Waals surface area contributed by atoms with Crippen molar-refractivity contribution < 1.29 is 19.3 Å². The number of aliphatic hydroxyl groups is 1. The highest BCUT2D eigenvalue weighted by Gasteiger charge is 2.16. The molecule has 0 radical (unpaired) electrons. The normalized spacial score (nSPS) is 12.7. The van der Waals surface area contributed by atoms with Crippen LogP contribution in [0.4, 0.5) is 0 Å². The first-order chi connectivity index (χ1) is 11.3. The summed E-state index contributed by atoms with van der Waals surface area (Å²) in [6, 6.07) is 9.34. The zero-order valence-corrected chi connectivity index (χ0v) is 12.3. The molecule has 1 N–H and O–H groups in total. The minimum Gasteiger partial charge on any atom is -0.477 e. The topological polar surface area (TPSA) is 78.1 Å². The predicted molar refractivity (Wildman–Crippen MR) is 81.7 cm³/mol. The average molecular weight is 313 g/mol. The largest absolute Gasteiger partial charge is 0.477 e. The van der Waals surface area contributed by atoms with Crippen molar-refractivity contribution in [2.45, 2.75) is 6.42 Å². The second-order valence-corrected chi connectivity index (χ2v) is 5.08. The van der Waals surface area contributed by atoms with E-state index in [1.807, 2.05) is 24.3 Å². The van der Waals surface area contributed by atoms with E-state index in [4.69, 9.17) is 19.3 Å². The van der Waals surface area contributed by atoms with Crippen molar-refractivity contribution in [3.8, 4) is 28.6 Å². The van der Waals surface area contributed by atoms with Crippen molar-refractivity contribution in [3.05, 3.63) is 36.5 Å². The number of aliphatic hydroxyl groups excluding tert-OH is 1. The molecule has 0 amide bonds. The molecule has 3 heterocycles. The fourth-order valence-corrected chi connectivity index (χ4v) is 2.43. The van der Waals surface area contributed by atoms with Gasteiger partial charge in [0.25, 0.3) is 0 Å². The number of ether oxygens (including phenoxy) is 3. The first-order valence-corrected chi connectivity index (χ1v) is 7.33. The monoisotopic (exact) mass is 313 g/mol. The van der Waals surface area contributed by atoms with Gasteiger partial charge in [-0.2, -0.15) is 0 Å². The maximum absolute atomic E-state index is 8.81. The van der Waals surface area contributed by atoms with Crippen molar-refractivity contribution in [2.75, 3.05) is 20.0 Å². The molecule has 23 heavy (non-hydrogen) atoms. The highest BCUT2D eigenvalue weighted by Crippen LogP contribution is 2.35. The SMILES string of the molecule is OCCCOc1ccc2ncc(-c3ccc4c(c3)OCO4)n2n1. The third kappa shape index (κ3) is 2.55. The third-order valence-electron chi connectivity index (χ3n) is 3.56. The van der Waals surface area contributed by atoms with E-state index in [1.54, 1.807) is 16.8 Å². The smallest absolute Gasteiger partial charge is 0.231 e. The molecular formula is C16H15N3O4. The van der Waals surface area contributed by atoms with Gasteiger partial charge in [0, 0.05) is 24.7 Å². The zero-order valence-electron chi connectivity index (χ0n) is 12.3. The summed E-state index contributed by atoms with van der Waals surface area (Å²) in [7, 11) is 0. The van der Waals surface area contributed by atoms with Gasteiger partial charge in [0.2, 0.25) is 12.7 Å². The predicted octanol–water partition coefficient (Wildman–Crippen LogP) is 1.89. The number of hydrogen-bond acceptors (Lipinski definition) is 6. The standard InChI is InChI=1S/C16H15N3O4/c20-6-1-7-21-16-5-4-15-17-9-12(19(15)18-16)11-2-3-13-14(8-11)23-10-22-13/h2-5,8-9,20H,1,6-7,10H2. The molecule has 1 aliphatic heterocycles. The van der Waals surface area contributed by atoms with Crippen LogP contribution in [0.15, 0.2) is 36.5 Å². The van der Waals surface area contributed by atoms with Gasteiger partial charge in [-0.05, 0) is 24.3 Å². The molecule has 1 aliphatic rings. The number of aromatic nitrogens is 3. The Labute approximate surface area is 132 Å². The van der Waals surface area contributed by atoms with E-state index >= 15 is 0 Å². The summed E-state index contributed by atoms with van der Waals surface area (Å²) in [6.45, 7) is 0.756. The zero-order chi connectivity index (χ0) is 15.6. The molecule has 0 saturated carbocycles. The summed E-state index contributed by atoms with van der Waals surface area (Å²) in [6.07, 6.45) is 2.33. The van der Waals surface area contributed by atoms with Crippen LogP contribution in [-0.2, 0) is 0 Å². The summed E-state index contributed by atoms with van der Waals surface area (Å²) >= 11 is 0. The number of imidazole rings is 1. The van der Waals surface area contributed by atoms with Crippen molar-refractivity contribution in [1.82, 2.24) is 14.6 Å². The first-order valence-electron chi connectivity index (χ1n) is 7.33. The molecule has 0 bridgehead atoms. The molecule has 0 spiro atoms. The lowest BCUT2D eigenvalue weighted by atomic mass is 10.1. The number of benzene rings is 1. The lowest BCUT2D eigenvalue weighted by Crippen LogP contribution is -2.04. The molecular weight excluding hydrogens is 298 g/mol. The second kappa shape index (κ2) is 5.77. The van der Waals surface area contributed by atoms with Crippen LogP contribution in [-0.4, -0.2) is 39.7 Å². The quantitative estimate of drug-likeness (QED) is 0.725. The Bertz CT molecular complexity index is 846. The maximum atomic E-state index is 8.81. The van der Waals surface area contributed by atoms with E-state index in [0.29, 0.717) is 24.7 Å². The molecule has 3 aromatic rings. The average Bonchev–Trinajstić information content (AvgIpc) is 3.20. The van der Waals surface area contributed by atoms with E-state index in [0.717, 1.165) is 22.7 Å². The van der Waals surface area contributed by atoms with Crippen LogP contribution < -0.4 is 14.2 Å². The van der Waals surface area contributed by atoms with Crippen LogP contribution >= 0.6 is 0 Å². The summed E-state index contributed by atoms with van der Waals surface area (Å²) in [5.41, 5.74) is 2.50. The lowest BCUT2D eigenvalue weighted by Gasteiger charge is -2.06. The van der Waals surface area contributed by atoms with Crippen LogP contribution in [0, 0.1) is 0 Å². The maximum Gasteiger partial charge on any atom is 0.231 e. The van der Waals surface area contributed by atoms with Gasteiger partial charge >= 0.3 is 0 Å². The van der Waals surface area contributed by atoms with Gasteiger partial charge in [-0.1, -0.05) is 0 Å². The van der Waals surface area contributed by atoms with Gasteiger partial charge in [-0.15, -0.1) is 5.10 Å². The first kappa shape index (κ1) is 13.8. The fourth-order valence-electron chi connectivity index (χ4n) is 2.43. The van der Waals surface area contributed by atoms with E-state index in [2.05, 4.69) is 10.1 Å². The van der Waals surface area contributed by atoms with Crippen molar-refractivity contribution in [1.29, 1.82) is 0 Å². The third-order valence-corrected chi connectivity index (χ3v) is 3.56. The Hall–Kier alpha value is -2.80. The number of hydrogen-bond donors (Lipinski definition) is 1. The Balaban J connectivity index is 1.70. The Kier molecular flexibility index (Phi) is 3.47. The van der Waals surface area contributed by atoms with Crippen LogP contribution in [0.3, 0.4) is 0 Å². The van der Waals surface area contributed by atoms with E-state index in [-0.39, 0.29) is 13.4 Å². The van der Waals surface area contributed by atoms with Gasteiger partial charge in [-0.3, -0.25) is 0 Å². The lowest BCUT2D eigenvalue weighted by molar-refractivity contribution is 0.174. The number of rotatable bonds is 5. The van der Waals surface area contributed by atoms with E-state index in [1.165, 1.54) is 0 Å². The van der Waals surface area contributed by atoms with Gasteiger partial charge < -0.3 is 19.3 Å². The second-order valence-electron chi connectivity index (χ2n) is 5.08. The van der Waals surface area contributed by atoms with Crippen molar-refractivity contribution in [2.24, 2.45) is 0 Å². The van der Waals surface area contributed by atoms with Gasteiger partial charge in [0.05, 0.1) is 18.5 Å². The fraction of sp³-hybridized carbons (Fsp3) is 0.250. The van der Waals surface area contributed by atoms with E-state index in [9.17, 15) is 0 Å². The summed E-state index contributed by atoms with van der Waals surface area (Å²) in [5, 5.41) is 13.3. The molecule has 2 aromatic heterocycles.